The van der Waals surface area contributed by atoms with Gasteiger partial charge in [0.15, 0.2) is 0 Å². The van der Waals surface area contributed by atoms with Crippen molar-refractivity contribution < 1.29 is 9.32 Å². The Morgan fingerprint density at radius 1 is 1.52 bits per heavy atom. The summed E-state index contributed by atoms with van der Waals surface area (Å²) in [5, 5.41) is 7.49. The molecule has 2 heterocycles. The van der Waals surface area contributed by atoms with Gasteiger partial charge in [0.2, 0.25) is 0 Å². The van der Waals surface area contributed by atoms with Crippen LogP contribution in [-0.2, 0) is 0 Å². The zero-order valence-electron chi connectivity index (χ0n) is 12.6. The minimum atomic E-state index is -0.454. The summed E-state index contributed by atoms with van der Waals surface area (Å²) in [6.07, 6.45) is 2.23. The number of nitrogens with one attached hydrogen (secondary N) is 1. The Morgan fingerprint density at radius 2 is 2.24 bits per heavy atom. The molecule has 0 aromatic carbocycles. The summed E-state index contributed by atoms with van der Waals surface area (Å²) in [4.78, 5) is 17.0. The molecule has 0 atom stereocenters. The smallest absolute Gasteiger partial charge is 0.259 e. The predicted octanol–water partition coefficient (Wildman–Crippen LogP) is 1.88. The molecule has 6 heteroatoms. The van der Waals surface area contributed by atoms with Crippen LogP contribution in [0.5, 0.6) is 0 Å². The zero-order valence-corrected chi connectivity index (χ0v) is 12.6. The Morgan fingerprint density at radius 3 is 2.86 bits per heavy atom. The second kappa shape index (κ2) is 4.80. The van der Waals surface area contributed by atoms with Crippen LogP contribution in [0, 0.1) is 6.92 Å². The molecule has 1 amide bonds. The van der Waals surface area contributed by atoms with Crippen LogP contribution in [0.25, 0.3) is 11.1 Å². The van der Waals surface area contributed by atoms with Crippen LogP contribution < -0.4 is 11.1 Å². The van der Waals surface area contributed by atoms with Crippen LogP contribution in [0.2, 0.25) is 0 Å². The summed E-state index contributed by atoms with van der Waals surface area (Å²) in [5.74, 6) is 0.284. The highest BCUT2D eigenvalue weighted by Crippen LogP contribution is 2.40. The van der Waals surface area contributed by atoms with Crippen molar-refractivity contribution >= 4 is 17.0 Å². The number of pyridine rings is 1. The van der Waals surface area contributed by atoms with Gasteiger partial charge in [0.05, 0.1) is 16.6 Å². The molecule has 2 aromatic rings. The van der Waals surface area contributed by atoms with Gasteiger partial charge in [0, 0.05) is 23.7 Å². The number of nitrogens with two attached hydrogens (primary N) is 1. The number of hydrogen-bond acceptors (Lipinski definition) is 5. The number of aromatic nitrogens is 2. The lowest BCUT2D eigenvalue weighted by atomic mass is 10.1. The van der Waals surface area contributed by atoms with E-state index in [1.807, 2.05) is 26.8 Å². The summed E-state index contributed by atoms with van der Waals surface area (Å²) in [6, 6.07) is 1.86. The standard InChI is InChI=1S/C15H20N4O2/c1-8-12-10(13(20)17-7-15(2,3)16)6-11(9-4-5-9)18-14(12)21-19-8/h6,9H,4-5,7,16H2,1-3H3,(H,17,20). The molecule has 0 radical (unpaired) electrons. The molecule has 0 bridgehead atoms. The average Bonchev–Trinajstić information content (AvgIpc) is 3.19. The maximum Gasteiger partial charge on any atom is 0.259 e. The van der Waals surface area contributed by atoms with Gasteiger partial charge >= 0.3 is 0 Å². The van der Waals surface area contributed by atoms with Crippen LogP contribution in [0.4, 0.5) is 0 Å². The number of nitrogens with zero attached hydrogens (tertiary/aromatic N) is 2. The van der Waals surface area contributed by atoms with Crippen molar-refractivity contribution in [2.24, 2.45) is 5.73 Å². The van der Waals surface area contributed by atoms with Crippen molar-refractivity contribution in [2.45, 2.75) is 45.1 Å². The van der Waals surface area contributed by atoms with Crippen molar-refractivity contribution in [1.29, 1.82) is 0 Å². The second-order valence-electron chi connectivity index (χ2n) is 6.49. The van der Waals surface area contributed by atoms with Gasteiger partial charge in [-0.3, -0.25) is 4.79 Å². The van der Waals surface area contributed by atoms with Gasteiger partial charge in [-0.1, -0.05) is 5.16 Å². The van der Waals surface area contributed by atoms with Crippen molar-refractivity contribution in [1.82, 2.24) is 15.5 Å². The molecule has 1 fully saturated rings. The molecule has 1 aliphatic carbocycles. The summed E-state index contributed by atoms with van der Waals surface area (Å²) in [5.41, 5.74) is 8.06. The lowest BCUT2D eigenvalue weighted by Gasteiger charge is -2.19. The molecule has 0 spiro atoms. The fraction of sp³-hybridized carbons (Fsp3) is 0.533. The molecule has 112 valence electrons. The number of carbonyl (C=O) groups is 1. The predicted molar refractivity (Wildman–Crippen MR) is 79.1 cm³/mol. The van der Waals surface area contributed by atoms with Crippen molar-refractivity contribution in [3.8, 4) is 0 Å². The molecule has 3 N–H and O–H groups in total. The molecule has 0 aliphatic heterocycles. The first-order chi connectivity index (χ1) is 9.85. The molecule has 0 saturated heterocycles. The van der Waals surface area contributed by atoms with Crippen LogP contribution in [0.3, 0.4) is 0 Å². The Hall–Kier alpha value is -1.95. The van der Waals surface area contributed by atoms with E-state index in [0.29, 0.717) is 34.8 Å². The molecular formula is C15H20N4O2. The zero-order chi connectivity index (χ0) is 15.2. The highest BCUT2D eigenvalue weighted by Gasteiger charge is 2.28. The Bertz CT molecular complexity index is 695. The SMILES string of the molecule is Cc1noc2nc(C3CC3)cc(C(=O)NCC(C)(C)N)c12. The second-order valence-corrected chi connectivity index (χ2v) is 6.49. The molecular weight excluding hydrogens is 268 g/mol. The minimum Gasteiger partial charge on any atom is -0.350 e. The average molecular weight is 288 g/mol. The fourth-order valence-electron chi connectivity index (χ4n) is 2.28. The molecule has 3 rings (SSSR count). The summed E-state index contributed by atoms with van der Waals surface area (Å²) >= 11 is 0. The Kier molecular flexibility index (Phi) is 3.20. The lowest BCUT2D eigenvalue weighted by molar-refractivity contribution is 0.0947. The monoisotopic (exact) mass is 288 g/mol. The van der Waals surface area contributed by atoms with Crippen molar-refractivity contribution in [3.05, 3.63) is 23.0 Å². The van der Waals surface area contributed by atoms with E-state index in [1.165, 1.54) is 0 Å². The third kappa shape index (κ3) is 2.90. The molecule has 1 saturated carbocycles. The van der Waals surface area contributed by atoms with Crippen LogP contribution in [0.15, 0.2) is 10.6 Å². The first-order valence-electron chi connectivity index (χ1n) is 7.19. The van der Waals surface area contributed by atoms with Gasteiger partial charge < -0.3 is 15.6 Å². The van der Waals surface area contributed by atoms with E-state index in [1.54, 1.807) is 0 Å². The van der Waals surface area contributed by atoms with Crippen molar-refractivity contribution in [2.75, 3.05) is 6.54 Å². The molecule has 21 heavy (non-hydrogen) atoms. The third-order valence-electron chi connectivity index (χ3n) is 3.58. The van der Waals surface area contributed by atoms with Crippen LogP contribution in [0.1, 0.15) is 54.4 Å². The topological polar surface area (TPSA) is 94.0 Å². The van der Waals surface area contributed by atoms with E-state index in [2.05, 4.69) is 15.5 Å². The quantitative estimate of drug-likeness (QED) is 0.895. The molecule has 1 aliphatic rings. The Labute approximate surface area is 123 Å². The Balaban J connectivity index is 1.98. The van der Waals surface area contributed by atoms with Gasteiger partial charge in [-0.25, -0.2) is 4.98 Å². The number of carbonyl (C=O) groups excluding carboxylic acids is 1. The highest BCUT2D eigenvalue weighted by atomic mass is 16.5. The summed E-state index contributed by atoms with van der Waals surface area (Å²) < 4.78 is 5.24. The van der Waals surface area contributed by atoms with Crippen molar-refractivity contribution in [3.63, 3.8) is 0 Å². The lowest BCUT2D eigenvalue weighted by Crippen LogP contribution is -2.45. The van der Waals surface area contributed by atoms with E-state index in [-0.39, 0.29) is 5.91 Å². The van der Waals surface area contributed by atoms with E-state index in [9.17, 15) is 4.79 Å². The van der Waals surface area contributed by atoms with Gasteiger partial charge in [-0.15, -0.1) is 0 Å². The van der Waals surface area contributed by atoms with Gasteiger partial charge in [-0.2, -0.15) is 0 Å². The van der Waals surface area contributed by atoms with Gasteiger partial charge in [-0.05, 0) is 39.7 Å². The number of amides is 1. The third-order valence-corrected chi connectivity index (χ3v) is 3.58. The van der Waals surface area contributed by atoms with Crippen LogP contribution in [-0.4, -0.2) is 28.1 Å². The van der Waals surface area contributed by atoms with E-state index < -0.39 is 5.54 Å². The first-order valence-corrected chi connectivity index (χ1v) is 7.19. The largest absolute Gasteiger partial charge is 0.350 e. The maximum atomic E-state index is 12.5. The van der Waals surface area contributed by atoms with E-state index in [0.717, 1.165) is 18.5 Å². The molecule has 6 nitrogen and oxygen atoms in total. The number of rotatable bonds is 4. The summed E-state index contributed by atoms with van der Waals surface area (Å²) in [6.45, 7) is 5.96. The van der Waals surface area contributed by atoms with Gasteiger partial charge in [0.25, 0.3) is 11.6 Å². The van der Waals surface area contributed by atoms with Crippen LogP contribution >= 0.6 is 0 Å². The number of hydrogen-bond donors (Lipinski definition) is 2. The fourth-order valence-corrected chi connectivity index (χ4v) is 2.28. The summed E-state index contributed by atoms with van der Waals surface area (Å²) in [7, 11) is 0. The van der Waals surface area contributed by atoms with E-state index >= 15 is 0 Å². The first kappa shape index (κ1) is 14.0. The molecule has 2 aromatic heterocycles. The minimum absolute atomic E-state index is 0.158. The van der Waals surface area contributed by atoms with Gasteiger partial charge in [0.1, 0.15) is 0 Å². The molecule has 0 unspecified atom stereocenters. The number of fused-ring (bicyclic) bond motifs is 1. The maximum absolute atomic E-state index is 12.5. The normalized spacial score (nSPS) is 15.4. The number of aryl methyl sites for hydroxylation is 1. The highest BCUT2D eigenvalue weighted by molar-refractivity contribution is 6.06. The van der Waals surface area contributed by atoms with E-state index in [4.69, 9.17) is 10.3 Å².